The number of carbonyl (C=O) groups is 1. The molecule has 1 fully saturated rings. The monoisotopic (exact) mass is 236 g/mol. The summed E-state index contributed by atoms with van der Waals surface area (Å²) in [7, 11) is 0. The fourth-order valence-electron chi connectivity index (χ4n) is 2.03. The zero-order chi connectivity index (χ0) is 12.4. The van der Waals surface area contributed by atoms with E-state index in [0.717, 1.165) is 5.92 Å². The number of hydrogen-bond donors (Lipinski definition) is 2. The van der Waals surface area contributed by atoms with Crippen LogP contribution in [0.3, 0.4) is 0 Å². The summed E-state index contributed by atoms with van der Waals surface area (Å²) >= 11 is 0. The predicted molar refractivity (Wildman–Crippen MR) is 63.9 cm³/mol. The fraction of sp³-hybridized carbons (Fsp3) is 0.462. The Balaban J connectivity index is 1.95. The molecule has 2 atom stereocenters. The Bertz CT molecular complexity index is 433. The second-order valence-electron chi connectivity index (χ2n) is 4.56. The summed E-state index contributed by atoms with van der Waals surface area (Å²) in [5.41, 5.74) is 5.87. The summed E-state index contributed by atoms with van der Waals surface area (Å²) in [6.07, 6.45) is 2.35. The van der Waals surface area contributed by atoms with E-state index in [1.165, 1.54) is 18.9 Å². The molecule has 0 heterocycles. The number of primary amides is 1. The van der Waals surface area contributed by atoms with Gasteiger partial charge in [-0.05, 0) is 24.5 Å². The van der Waals surface area contributed by atoms with E-state index in [9.17, 15) is 9.18 Å². The molecule has 0 aliphatic heterocycles. The molecule has 0 spiro atoms. The molecule has 2 rings (SSSR count). The van der Waals surface area contributed by atoms with Gasteiger partial charge in [-0.2, -0.15) is 0 Å². The van der Waals surface area contributed by atoms with E-state index >= 15 is 0 Å². The van der Waals surface area contributed by atoms with Crippen molar-refractivity contribution in [2.75, 3.05) is 0 Å². The Morgan fingerprint density at radius 2 is 2.35 bits per heavy atom. The number of rotatable bonds is 5. The third-order valence-corrected chi connectivity index (χ3v) is 3.34. The highest BCUT2D eigenvalue weighted by molar-refractivity contribution is 5.92. The Morgan fingerprint density at radius 3 is 2.88 bits per heavy atom. The van der Waals surface area contributed by atoms with E-state index in [1.54, 1.807) is 12.1 Å². The molecule has 2 unspecified atom stereocenters. The highest BCUT2D eigenvalue weighted by Crippen LogP contribution is 2.33. The van der Waals surface area contributed by atoms with Gasteiger partial charge in [-0.3, -0.25) is 4.79 Å². The van der Waals surface area contributed by atoms with E-state index in [1.807, 2.05) is 0 Å². The van der Waals surface area contributed by atoms with Gasteiger partial charge in [0.1, 0.15) is 5.82 Å². The lowest BCUT2D eigenvalue weighted by Crippen LogP contribution is -2.19. The molecule has 3 N–H and O–H groups in total. The lowest BCUT2D eigenvalue weighted by molar-refractivity contribution is 0.1000. The number of benzene rings is 1. The van der Waals surface area contributed by atoms with Crippen LogP contribution < -0.4 is 11.1 Å². The van der Waals surface area contributed by atoms with Gasteiger partial charge in [-0.15, -0.1) is 0 Å². The van der Waals surface area contributed by atoms with Crippen molar-refractivity contribution in [3.63, 3.8) is 0 Å². The lowest BCUT2D eigenvalue weighted by Gasteiger charge is -2.06. The summed E-state index contributed by atoms with van der Waals surface area (Å²) in [5, 5.41) is 3.31. The third-order valence-electron chi connectivity index (χ3n) is 3.34. The van der Waals surface area contributed by atoms with Crippen LogP contribution in [-0.2, 0) is 6.54 Å². The molecule has 0 bridgehead atoms. The maximum Gasteiger partial charge on any atom is 0.248 e. The van der Waals surface area contributed by atoms with Crippen LogP contribution in [0.5, 0.6) is 0 Å². The topological polar surface area (TPSA) is 55.1 Å². The molecular weight excluding hydrogens is 219 g/mol. The Hall–Kier alpha value is -1.42. The average Bonchev–Trinajstić information content (AvgIpc) is 3.06. The molecule has 1 aromatic rings. The number of amides is 1. The number of nitrogens with one attached hydrogen (secondary N) is 1. The molecule has 1 aromatic carbocycles. The SMILES string of the molecule is CCC1CC1NCc1ccc(C(N)=O)cc1F. The van der Waals surface area contributed by atoms with Gasteiger partial charge in [0.25, 0.3) is 0 Å². The maximum absolute atomic E-state index is 13.6. The average molecular weight is 236 g/mol. The van der Waals surface area contributed by atoms with Crippen LogP contribution in [0.1, 0.15) is 35.7 Å². The van der Waals surface area contributed by atoms with E-state index in [2.05, 4.69) is 12.2 Å². The van der Waals surface area contributed by atoms with Crippen LogP contribution in [0.15, 0.2) is 18.2 Å². The van der Waals surface area contributed by atoms with E-state index < -0.39 is 5.91 Å². The normalized spacial score (nSPS) is 22.5. The first-order valence-electron chi connectivity index (χ1n) is 5.93. The van der Waals surface area contributed by atoms with Crippen molar-refractivity contribution in [1.82, 2.24) is 5.32 Å². The van der Waals surface area contributed by atoms with Crippen LogP contribution in [-0.4, -0.2) is 11.9 Å². The van der Waals surface area contributed by atoms with Gasteiger partial charge in [-0.1, -0.05) is 19.4 Å². The van der Waals surface area contributed by atoms with Gasteiger partial charge >= 0.3 is 0 Å². The number of halogens is 1. The summed E-state index contributed by atoms with van der Waals surface area (Å²) in [5.74, 6) is -0.234. The predicted octanol–water partition coefficient (Wildman–Crippen LogP) is 1.81. The first-order valence-corrected chi connectivity index (χ1v) is 5.93. The first-order chi connectivity index (χ1) is 8.11. The number of hydrogen-bond acceptors (Lipinski definition) is 2. The first kappa shape index (κ1) is 12.0. The fourth-order valence-corrected chi connectivity index (χ4v) is 2.03. The van der Waals surface area contributed by atoms with Gasteiger partial charge in [0.15, 0.2) is 0 Å². The van der Waals surface area contributed by atoms with Crippen molar-refractivity contribution in [3.8, 4) is 0 Å². The minimum atomic E-state index is -0.600. The third kappa shape index (κ3) is 2.82. The maximum atomic E-state index is 13.6. The van der Waals surface area contributed by atoms with Crippen LogP contribution in [0.4, 0.5) is 4.39 Å². The zero-order valence-corrected chi connectivity index (χ0v) is 9.87. The summed E-state index contributed by atoms with van der Waals surface area (Å²) < 4.78 is 13.6. The van der Waals surface area contributed by atoms with Crippen LogP contribution in [0.2, 0.25) is 0 Å². The molecule has 4 heteroatoms. The zero-order valence-electron chi connectivity index (χ0n) is 9.87. The van der Waals surface area contributed by atoms with Crippen molar-refractivity contribution in [2.24, 2.45) is 11.7 Å². The molecule has 3 nitrogen and oxygen atoms in total. The molecule has 0 radical (unpaired) electrons. The molecule has 1 amide bonds. The van der Waals surface area contributed by atoms with Gasteiger partial charge in [0, 0.05) is 23.7 Å². The second kappa shape index (κ2) is 4.84. The molecule has 0 aromatic heterocycles. The molecule has 0 saturated heterocycles. The number of nitrogens with two attached hydrogens (primary N) is 1. The molecule has 1 aliphatic carbocycles. The Morgan fingerprint density at radius 1 is 1.59 bits per heavy atom. The summed E-state index contributed by atoms with van der Waals surface area (Å²) in [6, 6.07) is 4.90. The van der Waals surface area contributed by atoms with Crippen molar-refractivity contribution in [1.29, 1.82) is 0 Å². The minimum Gasteiger partial charge on any atom is -0.366 e. The van der Waals surface area contributed by atoms with E-state index in [0.29, 0.717) is 18.2 Å². The molecular formula is C13H17FN2O. The second-order valence-corrected chi connectivity index (χ2v) is 4.56. The van der Waals surface area contributed by atoms with Crippen molar-refractivity contribution in [2.45, 2.75) is 32.4 Å². The highest BCUT2D eigenvalue weighted by atomic mass is 19.1. The largest absolute Gasteiger partial charge is 0.366 e. The summed E-state index contributed by atoms with van der Waals surface area (Å²) in [4.78, 5) is 10.9. The Labute approximate surface area is 100 Å². The number of carbonyl (C=O) groups excluding carboxylic acids is 1. The molecule has 92 valence electrons. The minimum absolute atomic E-state index is 0.212. The highest BCUT2D eigenvalue weighted by Gasteiger charge is 2.34. The van der Waals surface area contributed by atoms with E-state index in [-0.39, 0.29) is 11.4 Å². The van der Waals surface area contributed by atoms with Crippen molar-refractivity contribution in [3.05, 3.63) is 35.1 Å². The molecule has 1 saturated carbocycles. The standard InChI is InChI=1S/C13H17FN2O/c1-2-8-6-12(8)16-7-10-4-3-9(13(15)17)5-11(10)14/h3-5,8,12,16H,2,6-7H2,1H3,(H2,15,17). The molecule has 1 aliphatic rings. The lowest BCUT2D eigenvalue weighted by atomic mass is 10.1. The summed E-state index contributed by atoms with van der Waals surface area (Å²) in [6.45, 7) is 2.67. The van der Waals surface area contributed by atoms with Crippen LogP contribution in [0, 0.1) is 11.7 Å². The van der Waals surface area contributed by atoms with Gasteiger partial charge in [0.2, 0.25) is 5.91 Å². The quantitative estimate of drug-likeness (QED) is 0.819. The molecule has 17 heavy (non-hydrogen) atoms. The van der Waals surface area contributed by atoms with Crippen LogP contribution in [0.25, 0.3) is 0 Å². The Kier molecular flexibility index (Phi) is 3.43. The van der Waals surface area contributed by atoms with E-state index in [4.69, 9.17) is 5.73 Å². The van der Waals surface area contributed by atoms with Crippen molar-refractivity contribution < 1.29 is 9.18 Å². The van der Waals surface area contributed by atoms with Gasteiger partial charge < -0.3 is 11.1 Å². The van der Waals surface area contributed by atoms with Crippen LogP contribution >= 0.6 is 0 Å². The smallest absolute Gasteiger partial charge is 0.248 e. The van der Waals surface area contributed by atoms with Gasteiger partial charge in [0.05, 0.1) is 0 Å². The van der Waals surface area contributed by atoms with Gasteiger partial charge in [-0.25, -0.2) is 4.39 Å². The van der Waals surface area contributed by atoms with Crippen molar-refractivity contribution >= 4 is 5.91 Å².